The molecule has 0 radical (unpaired) electrons. The van der Waals surface area contributed by atoms with Gasteiger partial charge in [0.2, 0.25) is 5.76 Å². The second kappa shape index (κ2) is 8.50. The van der Waals surface area contributed by atoms with E-state index in [0.717, 1.165) is 4.90 Å². The number of nitrogens with one attached hydrogen (secondary N) is 1. The molecule has 10 heteroatoms. The highest BCUT2D eigenvalue weighted by atomic mass is 16.5. The lowest BCUT2D eigenvalue weighted by atomic mass is 10.0. The monoisotopic (exact) mass is 450 g/mol. The Morgan fingerprint density at radius 1 is 1.12 bits per heavy atom. The van der Waals surface area contributed by atoms with Crippen LogP contribution in [0.15, 0.2) is 57.0 Å². The standard InChI is InChI=1S/C23H18N2O8/c1-12-15(4-3-5-16(12)21(27)28)18-8-6-13(32-18)10-17-20(26)25(23(30)24-17)11-14-7-9-19(33-14)22(29)31-2/h3-10H,11H2,1-2H3,(H,24,30)(H,27,28)/b17-10-. The van der Waals surface area contributed by atoms with Crippen LogP contribution in [0.2, 0.25) is 0 Å². The number of aromatic carboxylic acids is 1. The van der Waals surface area contributed by atoms with Crippen LogP contribution in [0.4, 0.5) is 4.79 Å². The quantitative estimate of drug-likeness (QED) is 0.331. The number of hydrogen-bond donors (Lipinski definition) is 2. The molecule has 2 N–H and O–H groups in total. The molecule has 1 aliphatic heterocycles. The van der Waals surface area contributed by atoms with E-state index in [0.29, 0.717) is 22.6 Å². The molecule has 0 unspecified atom stereocenters. The number of furan rings is 2. The number of hydrogen-bond acceptors (Lipinski definition) is 7. The Kier molecular flexibility index (Phi) is 5.57. The van der Waals surface area contributed by atoms with Gasteiger partial charge in [-0.3, -0.25) is 9.69 Å². The second-order valence-corrected chi connectivity index (χ2v) is 7.12. The van der Waals surface area contributed by atoms with Gasteiger partial charge in [0.05, 0.1) is 19.2 Å². The molecule has 1 saturated heterocycles. The zero-order valence-electron chi connectivity index (χ0n) is 17.6. The lowest BCUT2D eigenvalue weighted by Gasteiger charge is -2.09. The largest absolute Gasteiger partial charge is 0.478 e. The van der Waals surface area contributed by atoms with Gasteiger partial charge in [0.15, 0.2) is 0 Å². The second-order valence-electron chi connectivity index (χ2n) is 7.12. The summed E-state index contributed by atoms with van der Waals surface area (Å²) < 4.78 is 15.6. The number of carbonyl (C=O) groups is 4. The minimum Gasteiger partial charge on any atom is -0.478 e. The van der Waals surface area contributed by atoms with Crippen molar-refractivity contribution in [1.82, 2.24) is 10.2 Å². The summed E-state index contributed by atoms with van der Waals surface area (Å²) in [7, 11) is 1.21. The van der Waals surface area contributed by atoms with E-state index in [1.165, 1.54) is 31.4 Å². The van der Waals surface area contributed by atoms with Crippen molar-refractivity contribution in [2.24, 2.45) is 0 Å². The Hall–Kier alpha value is -4.60. The molecule has 3 heterocycles. The molecular formula is C23H18N2O8. The van der Waals surface area contributed by atoms with Crippen molar-refractivity contribution >= 4 is 30.0 Å². The van der Waals surface area contributed by atoms with Gasteiger partial charge in [-0.2, -0.15) is 0 Å². The highest BCUT2D eigenvalue weighted by Gasteiger charge is 2.34. The highest BCUT2D eigenvalue weighted by molar-refractivity contribution is 6.13. The van der Waals surface area contributed by atoms with Crippen LogP contribution in [0.25, 0.3) is 17.4 Å². The summed E-state index contributed by atoms with van der Waals surface area (Å²) in [6.07, 6.45) is 1.38. The first-order valence-electron chi connectivity index (χ1n) is 9.73. The minimum absolute atomic E-state index is 0.00310. The topological polar surface area (TPSA) is 139 Å². The number of carboxylic acid groups (broad SMARTS) is 1. The number of esters is 1. The molecule has 0 saturated carbocycles. The number of carboxylic acids is 1. The number of urea groups is 1. The summed E-state index contributed by atoms with van der Waals surface area (Å²) in [5.74, 6) is -1.41. The smallest absolute Gasteiger partial charge is 0.373 e. The van der Waals surface area contributed by atoms with Crippen LogP contribution in [-0.4, -0.2) is 41.0 Å². The van der Waals surface area contributed by atoms with Gasteiger partial charge in [0.1, 0.15) is 23.0 Å². The molecule has 1 aliphatic rings. The maximum absolute atomic E-state index is 12.7. The van der Waals surface area contributed by atoms with Crippen LogP contribution >= 0.6 is 0 Å². The first kappa shape index (κ1) is 21.6. The first-order chi connectivity index (χ1) is 15.8. The highest BCUT2D eigenvalue weighted by Crippen LogP contribution is 2.29. The predicted molar refractivity (Wildman–Crippen MR) is 113 cm³/mol. The van der Waals surface area contributed by atoms with E-state index >= 15 is 0 Å². The zero-order valence-corrected chi connectivity index (χ0v) is 17.6. The Bertz CT molecular complexity index is 1310. The van der Waals surface area contributed by atoms with Gasteiger partial charge < -0.3 is 24.0 Å². The average Bonchev–Trinajstić information content (AvgIpc) is 3.50. The van der Waals surface area contributed by atoms with Crippen LogP contribution in [-0.2, 0) is 16.1 Å². The average molecular weight is 450 g/mol. The number of imide groups is 1. The summed E-state index contributed by atoms with van der Waals surface area (Å²) in [4.78, 5) is 48.8. The van der Waals surface area contributed by atoms with Crippen LogP contribution in [0.3, 0.4) is 0 Å². The van der Waals surface area contributed by atoms with Gasteiger partial charge >= 0.3 is 18.0 Å². The van der Waals surface area contributed by atoms with E-state index in [4.69, 9.17) is 8.83 Å². The molecule has 2 aromatic heterocycles. The molecule has 3 aromatic rings. The normalized spacial score (nSPS) is 14.6. The predicted octanol–water partition coefficient (Wildman–Crippen LogP) is 3.43. The molecular weight excluding hydrogens is 432 g/mol. The van der Waals surface area contributed by atoms with Crippen molar-refractivity contribution in [2.45, 2.75) is 13.5 Å². The number of amides is 3. The maximum atomic E-state index is 12.7. The third-order valence-corrected chi connectivity index (χ3v) is 5.07. The van der Waals surface area contributed by atoms with Crippen molar-refractivity contribution in [3.8, 4) is 11.3 Å². The van der Waals surface area contributed by atoms with Crippen molar-refractivity contribution in [3.63, 3.8) is 0 Å². The molecule has 0 aliphatic carbocycles. The Morgan fingerprint density at radius 2 is 1.91 bits per heavy atom. The lowest BCUT2D eigenvalue weighted by molar-refractivity contribution is -0.123. The Morgan fingerprint density at radius 3 is 2.64 bits per heavy atom. The summed E-state index contributed by atoms with van der Waals surface area (Å²) in [6, 6.07) is 10.3. The molecule has 3 amide bonds. The number of carbonyl (C=O) groups excluding carboxylic acids is 3. The summed E-state index contributed by atoms with van der Waals surface area (Å²) >= 11 is 0. The Labute approximate surface area is 187 Å². The minimum atomic E-state index is -1.04. The van der Waals surface area contributed by atoms with Gasteiger partial charge in [-0.1, -0.05) is 12.1 Å². The summed E-state index contributed by atoms with van der Waals surface area (Å²) in [6.45, 7) is 1.50. The van der Waals surface area contributed by atoms with Gasteiger partial charge in [-0.15, -0.1) is 0 Å². The van der Waals surface area contributed by atoms with Crippen molar-refractivity contribution in [3.05, 3.63) is 76.6 Å². The zero-order chi connectivity index (χ0) is 23.7. The molecule has 0 atom stereocenters. The van der Waals surface area contributed by atoms with Crippen LogP contribution < -0.4 is 5.32 Å². The molecule has 10 nitrogen and oxygen atoms in total. The number of ether oxygens (including phenoxy) is 1. The van der Waals surface area contributed by atoms with E-state index < -0.39 is 23.9 Å². The number of rotatable bonds is 6. The third kappa shape index (κ3) is 4.13. The number of benzene rings is 1. The van der Waals surface area contributed by atoms with Gasteiger partial charge in [0, 0.05) is 11.6 Å². The SMILES string of the molecule is COC(=O)c1ccc(CN2C(=O)N/C(=C\c3ccc(-c4cccc(C(=O)O)c4C)o3)C2=O)o1. The fraction of sp³-hybridized carbons (Fsp3) is 0.130. The van der Waals surface area contributed by atoms with Crippen LogP contribution in [0, 0.1) is 6.92 Å². The fourth-order valence-corrected chi connectivity index (χ4v) is 3.40. The molecule has 1 aromatic carbocycles. The molecule has 33 heavy (non-hydrogen) atoms. The van der Waals surface area contributed by atoms with E-state index in [2.05, 4.69) is 10.1 Å². The maximum Gasteiger partial charge on any atom is 0.373 e. The van der Waals surface area contributed by atoms with Gasteiger partial charge in [0.25, 0.3) is 5.91 Å². The van der Waals surface area contributed by atoms with Crippen LogP contribution in [0.1, 0.15) is 38.0 Å². The van der Waals surface area contributed by atoms with E-state index in [9.17, 15) is 24.3 Å². The first-order valence-corrected chi connectivity index (χ1v) is 9.73. The number of methoxy groups -OCH3 is 1. The van der Waals surface area contributed by atoms with Gasteiger partial charge in [-0.05, 0) is 42.8 Å². The molecule has 168 valence electrons. The fourth-order valence-electron chi connectivity index (χ4n) is 3.40. The van der Waals surface area contributed by atoms with Gasteiger partial charge in [-0.25, -0.2) is 14.4 Å². The number of nitrogens with zero attached hydrogens (tertiary/aromatic N) is 1. The molecule has 0 bridgehead atoms. The van der Waals surface area contributed by atoms with Crippen molar-refractivity contribution in [2.75, 3.05) is 7.11 Å². The van der Waals surface area contributed by atoms with E-state index in [1.54, 1.807) is 31.2 Å². The van der Waals surface area contributed by atoms with Crippen molar-refractivity contribution < 1.29 is 37.9 Å². The van der Waals surface area contributed by atoms with E-state index in [1.807, 2.05) is 0 Å². The summed E-state index contributed by atoms with van der Waals surface area (Å²) in [5, 5.41) is 11.8. The van der Waals surface area contributed by atoms with Crippen molar-refractivity contribution in [1.29, 1.82) is 0 Å². The molecule has 0 spiro atoms. The van der Waals surface area contributed by atoms with E-state index in [-0.39, 0.29) is 29.3 Å². The van der Waals surface area contributed by atoms with Crippen LogP contribution in [0.5, 0.6) is 0 Å². The lowest BCUT2D eigenvalue weighted by Crippen LogP contribution is -2.30. The third-order valence-electron chi connectivity index (χ3n) is 5.07. The Balaban J connectivity index is 1.53. The molecule has 4 rings (SSSR count). The summed E-state index contributed by atoms with van der Waals surface area (Å²) in [5.41, 5.74) is 1.30. The molecule has 1 fully saturated rings.